The zero-order valence-electron chi connectivity index (χ0n) is 9.52. The number of halogens is 1. The fraction of sp³-hybridized carbons (Fsp3) is 0.308. The van der Waals surface area contributed by atoms with Gasteiger partial charge in [0, 0.05) is 6.08 Å². The second-order valence-corrected chi connectivity index (χ2v) is 3.38. The first-order chi connectivity index (χ1) is 8.22. The van der Waals surface area contributed by atoms with E-state index in [0.29, 0.717) is 19.0 Å². The highest BCUT2D eigenvalue weighted by Gasteiger charge is 1.97. The maximum atomic E-state index is 12.6. The van der Waals surface area contributed by atoms with E-state index in [1.807, 2.05) is 0 Å². The molecule has 4 heteroatoms. The second kappa shape index (κ2) is 7.44. The molecule has 1 aromatic carbocycles. The third-order valence-corrected chi connectivity index (χ3v) is 2.03. The van der Waals surface area contributed by atoms with Gasteiger partial charge in [0.25, 0.3) is 0 Å². The molecule has 0 spiro atoms. The Morgan fingerprint density at radius 3 is 2.53 bits per heavy atom. The number of rotatable bonds is 7. The molecule has 0 aliphatic heterocycles. The number of hydrogen-bond donors (Lipinski definition) is 0. The number of benzene rings is 1. The Hall–Kier alpha value is -1.84. The van der Waals surface area contributed by atoms with Crippen LogP contribution in [0.4, 0.5) is 4.39 Å². The Labute approximate surface area is 99.9 Å². The van der Waals surface area contributed by atoms with Crippen LogP contribution < -0.4 is 4.74 Å². The lowest BCUT2D eigenvalue weighted by molar-refractivity contribution is -0.137. The van der Waals surface area contributed by atoms with E-state index in [0.717, 1.165) is 18.9 Å². The third kappa shape index (κ3) is 5.70. The van der Waals surface area contributed by atoms with Crippen molar-refractivity contribution < 1.29 is 18.7 Å². The number of esters is 1. The summed E-state index contributed by atoms with van der Waals surface area (Å²) >= 11 is 0. The van der Waals surface area contributed by atoms with Crippen molar-refractivity contribution in [1.82, 2.24) is 0 Å². The Kier molecular flexibility index (Phi) is 5.79. The summed E-state index contributed by atoms with van der Waals surface area (Å²) in [5.41, 5.74) is 0. The lowest BCUT2D eigenvalue weighted by Gasteiger charge is -2.05. The van der Waals surface area contributed by atoms with Crippen LogP contribution in [0.2, 0.25) is 0 Å². The second-order valence-electron chi connectivity index (χ2n) is 3.38. The molecular formula is C13H15FO3. The van der Waals surface area contributed by atoms with Crippen LogP contribution in [0.3, 0.4) is 0 Å². The summed E-state index contributed by atoms with van der Waals surface area (Å²) in [6.45, 7) is 4.16. The lowest BCUT2D eigenvalue weighted by Crippen LogP contribution is -2.04. The van der Waals surface area contributed by atoms with Crippen molar-refractivity contribution >= 4 is 5.97 Å². The highest BCUT2D eigenvalue weighted by Crippen LogP contribution is 2.11. The van der Waals surface area contributed by atoms with Gasteiger partial charge in [-0.3, -0.25) is 0 Å². The average molecular weight is 238 g/mol. The summed E-state index contributed by atoms with van der Waals surface area (Å²) in [7, 11) is 0. The van der Waals surface area contributed by atoms with Gasteiger partial charge in [-0.15, -0.1) is 0 Å². The lowest BCUT2D eigenvalue weighted by atomic mass is 10.3. The van der Waals surface area contributed by atoms with E-state index in [9.17, 15) is 9.18 Å². The molecule has 0 amide bonds. The van der Waals surface area contributed by atoms with Crippen molar-refractivity contribution in [2.75, 3.05) is 13.2 Å². The van der Waals surface area contributed by atoms with Crippen molar-refractivity contribution in [3.05, 3.63) is 42.7 Å². The van der Waals surface area contributed by atoms with Crippen LogP contribution in [0, 0.1) is 5.82 Å². The first kappa shape index (κ1) is 13.2. The van der Waals surface area contributed by atoms with Gasteiger partial charge in [-0.25, -0.2) is 9.18 Å². The molecule has 3 nitrogen and oxygen atoms in total. The van der Waals surface area contributed by atoms with Gasteiger partial charge in [0.1, 0.15) is 11.6 Å². The standard InChI is InChI=1S/C13H15FO3/c1-2-13(15)17-10-4-3-9-16-12-7-5-11(14)6-8-12/h2,5-8H,1,3-4,9-10H2. The fourth-order valence-corrected chi connectivity index (χ4v) is 1.16. The van der Waals surface area contributed by atoms with Crippen molar-refractivity contribution in [3.8, 4) is 5.75 Å². The average Bonchev–Trinajstić information content (AvgIpc) is 2.35. The minimum absolute atomic E-state index is 0.284. The minimum Gasteiger partial charge on any atom is -0.494 e. The molecule has 0 atom stereocenters. The molecule has 0 saturated heterocycles. The van der Waals surface area contributed by atoms with Crippen LogP contribution in [-0.2, 0) is 9.53 Å². The Morgan fingerprint density at radius 2 is 1.88 bits per heavy atom. The van der Waals surface area contributed by atoms with E-state index in [2.05, 4.69) is 6.58 Å². The van der Waals surface area contributed by atoms with Gasteiger partial charge in [0.2, 0.25) is 0 Å². The number of hydrogen-bond acceptors (Lipinski definition) is 3. The molecule has 0 aliphatic carbocycles. The SMILES string of the molecule is C=CC(=O)OCCCCOc1ccc(F)cc1. The van der Waals surface area contributed by atoms with Crippen LogP contribution in [-0.4, -0.2) is 19.2 Å². The van der Waals surface area contributed by atoms with Crippen LogP contribution in [0.15, 0.2) is 36.9 Å². The maximum absolute atomic E-state index is 12.6. The Bertz CT molecular complexity index is 359. The smallest absolute Gasteiger partial charge is 0.330 e. The van der Waals surface area contributed by atoms with E-state index in [1.165, 1.54) is 12.1 Å². The van der Waals surface area contributed by atoms with Crippen molar-refractivity contribution in [3.63, 3.8) is 0 Å². The number of ether oxygens (including phenoxy) is 2. The molecule has 0 aliphatic rings. The molecule has 1 rings (SSSR count). The molecule has 0 aromatic heterocycles. The van der Waals surface area contributed by atoms with Crippen molar-refractivity contribution in [1.29, 1.82) is 0 Å². The van der Waals surface area contributed by atoms with Crippen LogP contribution in [0.25, 0.3) is 0 Å². The summed E-state index contributed by atoms with van der Waals surface area (Å²) in [5, 5.41) is 0. The number of carbonyl (C=O) groups excluding carboxylic acids is 1. The quantitative estimate of drug-likeness (QED) is 0.416. The normalized spacial score (nSPS) is 9.71. The first-order valence-corrected chi connectivity index (χ1v) is 5.40. The van der Waals surface area contributed by atoms with E-state index in [4.69, 9.17) is 9.47 Å². The summed E-state index contributed by atoms with van der Waals surface area (Å²) in [5.74, 6) is -0.0624. The molecule has 92 valence electrons. The number of carbonyl (C=O) groups is 1. The highest BCUT2D eigenvalue weighted by molar-refractivity contribution is 5.81. The van der Waals surface area contributed by atoms with Crippen molar-refractivity contribution in [2.24, 2.45) is 0 Å². The van der Waals surface area contributed by atoms with Gasteiger partial charge in [-0.2, -0.15) is 0 Å². The number of unbranched alkanes of at least 4 members (excludes halogenated alkanes) is 1. The van der Waals surface area contributed by atoms with Gasteiger partial charge >= 0.3 is 5.97 Å². The maximum Gasteiger partial charge on any atom is 0.330 e. The molecule has 17 heavy (non-hydrogen) atoms. The molecular weight excluding hydrogens is 223 g/mol. The molecule has 0 unspecified atom stereocenters. The van der Waals surface area contributed by atoms with E-state index in [1.54, 1.807) is 12.1 Å². The summed E-state index contributed by atoms with van der Waals surface area (Å²) < 4.78 is 22.7. The van der Waals surface area contributed by atoms with Crippen molar-refractivity contribution in [2.45, 2.75) is 12.8 Å². The van der Waals surface area contributed by atoms with Crippen LogP contribution >= 0.6 is 0 Å². The van der Waals surface area contributed by atoms with Gasteiger partial charge in [-0.1, -0.05) is 6.58 Å². The molecule has 1 aromatic rings. The fourth-order valence-electron chi connectivity index (χ4n) is 1.16. The molecule has 0 bridgehead atoms. The van der Waals surface area contributed by atoms with Crippen LogP contribution in [0.1, 0.15) is 12.8 Å². The molecule has 0 heterocycles. The molecule has 0 fully saturated rings. The monoisotopic (exact) mass is 238 g/mol. The Morgan fingerprint density at radius 1 is 1.24 bits per heavy atom. The van der Waals surface area contributed by atoms with E-state index >= 15 is 0 Å². The molecule has 0 radical (unpaired) electrons. The zero-order valence-corrected chi connectivity index (χ0v) is 9.52. The predicted molar refractivity (Wildman–Crippen MR) is 62.3 cm³/mol. The first-order valence-electron chi connectivity index (χ1n) is 5.40. The molecule has 0 N–H and O–H groups in total. The van der Waals surface area contributed by atoms with E-state index < -0.39 is 5.97 Å². The van der Waals surface area contributed by atoms with Gasteiger partial charge in [0.05, 0.1) is 13.2 Å². The summed E-state index contributed by atoms with van der Waals surface area (Å²) in [4.78, 5) is 10.7. The Balaban J connectivity index is 2.06. The van der Waals surface area contributed by atoms with Crippen LogP contribution in [0.5, 0.6) is 5.75 Å². The predicted octanol–water partition coefficient (Wildman–Crippen LogP) is 2.71. The van der Waals surface area contributed by atoms with Gasteiger partial charge in [0.15, 0.2) is 0 Å². The highest BCUT2D eigenvalue weighted by atomic mass is 19.1. The molecule has 0 saturated carbocycles. The van der Waals surface area contributed by atoms with Gasteiger partial charge in [-0.05, 0) is 37.1 Å². The topological polar surface area (TPSA) is 35.5 Å². The zero-order chi connectivity index (χ0) is 12.5. The van der Waals surface area contributed by atoms with Gasteiger partial charge < -0.3 is 9.47 Å². The largest absolute Gasteiger partial charge is 0.494 e. The third-order valence-electron chi connectivity index (χ3n) is 2.03. The van der Waals surface area contributed by atoms with E-state index in [-0.39, 0.29) is 5.82 Å². The minimum atomic E-state index is -0.413. The summed E-state index contributed by atoms with van der Waals surface area (Å²) in [6.07, 6.45) is 2.62. The summed E-state index contributed by atoms with van der Waals surface area (Å²) in [6, 6.07) is 5.85.